The summed E-state index contributed by atoms with van der Waals surface area (Å²) in [4.78, 5) is 14.5. The molecule has 2 aromatic heterocycles. The fourth-order valence-corrected chi connectivity index (χ4v) is 3.39. The number of carbonyl (C=O) groups is 1. The molecular formula is C20H24N6O2. The number of nitrogens with zero attached hydrogens (tertiary/aromatic N) is 5. The molecule has 1 saturated heterocycles. The summed E-state index contributed by atoms with van der Waals surface area (Å²) < 4.78 is 6.96. The van der Waals surface area contributed by atoms with Gasteiger partial charge in [0, 0.05) is 32.5 Å². The minimum Gasteiger partial charge on any atom is -0.497 e. The highest BCUT2D eigenvalue weighted by molar-refractivity contribution is 5.76. The molecular weight excluding hydrogens is 356 g/mol. The smallest absolute Gasteiger partial charge is 0.220 e. The molecule has 1 aliphatic rings. The summed E-state index contributed by atoms with van der Waals surface area (Å²) in [5.41, 5.74) is 1.70. The van der Waals surface area contributed by atoms with E-state index in [0.717, 1.165) is 30.2 Å². The zero-order valence-corrected chi connectivity index (χ0v) is 16.0. The van der Waals surface area contributed by atoms with Crippen molar-refractivity contribution in [3.63, 3.8) is 0 Å². The maximum atomic E-state index is 12.2. The highest BCUT2D eigenvalue weighted by Gasteiger charge is 2.16. The second-order valence-electron chi connectivity index (χ2n) is 6.90. The van der Waals surface area contributed by atoms with E-state index in [0.29, 0.717) is 30.9 Å². The molecule has 8 heteroatoms. The van der Waals surface area contributed by atoms with Gasteiger partial charge in [-0.2, -0.15) is 4.52 Å². The fraction of sp³-hybridized carbons (Fsp3) is 0.400. The molecule has 28 heavy (non-hydrogen) atoms. The van der Waals surface area contributed by atoms with Gasteiger partial charge in [-0.1, -0.05) is 12.1 Å². The Kier molecular flexibility index (Phi) is 5.36. The van der Waals surface area contributed by atoms with Crippen molar-refractivity contribution in [1.82, 2.24) is 25.1 Å². The number of hydrogen-bond acceptors (Lipinski definition) is 6. The van der Waals surface area contributed by atoms with Crippen LogP contribution in [0.5, 0.6) is 5.75 Å². The molecule has 4 rings (SSSR count). The number of anilines is 1. The number of aryl methyl sites for hydroxylation is 1. The van der Waals surface area contributed by atoms with Crippen LogP contribution in [0, 0.1) is 0 Å². The van der Waals surface area contributed by atoms with Crippen molar-refractivity contribution < 1.29 is 9.53 Å². The maximum absolute atomic E-state index is 12.2. The summed E-state index contributed by atoms with van der Waals surface area (Å²) in [5.74, 6) is 2.39. The van der Waals surface area contributed by atoms with Crippen LogP contribution < -0.4 is 15.0 Å². The average Bonchev–Trinajstić information content (AvgIpc) is 3.40. The molecule has 1 fully saturated rings. The molecule has 0 bridgehead atoms. The lowest BCUT2D eigenvalue weighted by Gasteiger charge is -2.15. The van der Waals surface area contributed by atoms with Crippen molar-refractivity contribution in [2.45, 2.75) is 32.2 Å². The normalized spacial score (nSPS) is 13.8. The number of ether oxygens (including phenoxy) is 1. The van der Waals surface area contributed by atoms with E-state index < -0.39 is 0 Å². The summed E-state index contributed by atoms with van der Waals surface area (Å²) in [5, 5.41) is 16.0. The lowest BCUT2D eigenvalue weighted by atomic mass is 10.2. The lowest BCUT2D eigenvalue weighted by Crippen LogP contribution is -2.23. The van der Waals surface area contributed by atoms with Crippen LogP contribution in [0.1, 0.15) is 30.7 Å². The van der Waals surface area contributed by atoms with Crippen molar-refractivity contribution in [2.75, 3.05) is 25.1 Å². The zero-order valence-electron chi connectivity index (χ0n) is 16.0. The van der Waals surface area contributed by atoms with Crippen molar-refractivity contribution in [2.24, 2.45) is 0 Å². The van der Waals surface area contributed by atoms with Crippen molar-refractivity contribution in [3.8, 4) is 5.75 Å². The van der Waals surface area contributed by atoms with Crippen LogP contribution in [0.3, 0.4) is 0 Å². The van der Waals surface area contributed by atoms with Crippen LogP contribution in [-0.4, -0.2) is 45.9 Å². The molecule has 3 heterocycles. The van der Waals surface area contributed by atoms with E-state index in [4.69, 9.17) is 4.74 Å². The second-order valence-corrected chi connectivity index (χ2v) is 6.90. The Hall–Kier alpha value is -3.16. The van der Waals surface area contributed by atoms with Crippen LogP contribution in [0.25, 0.3) is 5.65 Å². The van der Waals surface area contributed by atoms with Crippen molar-refractivity contribution in [1.29, 1.82) is 0 Å². The number of fused-ring (bicyclic) bond motifs is 1. The van der Waals surface area contributed by atoms with Crippen LogP contribution >= 0.6 is 0 Å². The summed E-state index contributed by atoms with van der Waals surface area (Å²) in [6.07, 6.45) is 3.21. The van der Waals surface area contributed by atoms with Gasteiger partial charge >= 0.3 is 0 Å². The Morgan fingerprint density at radius 2 is 2.04 bits per heavy atom. The Morgan fingerprint density at radius 1 is 1.18 bits per heavy atom. The van der Waals surface area contributed by atoms with Gasteiger partial charge in [0.05, 0.1) is 7.11 Å². The monoisotopic (exact) mass is 380 g/mol. The third kappa shape index (κ3) is 4.05. The Morgan fingerprint density at radius 3 is 2.86 bits per heavy atom. The largest absolute Gasteiger partial charge is 0.497 e. The summed E-state index contributed by atoms with van der Waals surface area (Å²) in [7, 11) is 1.63. The summed E-state index contributed by atoms with van der Waals surface area (Å²) in [6, 6.07) is 11.6. The number of carbonyl (C=O) groups excluding carboxylic acids is 1. The van der Waals surface area contributed by atoms with Gasteiger partial charge in [0.25, 0.3) is 0 Å². The molecule has 0 saturated carbocycles. The van der Waals surface area contributed by atoms with Crippen LogP contribution in [-0.2, 0) is 17.8 Å². The summed E-state index contributed by atoms with van der Waals surface area (Å²) >= 11 is 0. The molecule has 1 N–H and O–H groups in total. The minimum atomic E-state index is -0.0322. The van der Waals surface area contributed by atoms with Gasteiger partial charge in [-0.3, -0.25) is 4.79 Å². The molecule has 3 aromatic rings. The Bertz CT molecular complexity index is 964. The predicted octanol–water partition coefficient (Wildman–Crippen LogP) is 1.98. The van der Waals surface area contributed by atoms with Gasteiger partial charge < -0.3 is 15.0 Å². The van der Waals surface area contributed by atoms with Gasteiger partial charge in [-0.25, -0.2) is 0 Å². The van der Waals surface area contributed by atoms with Crippen molar-refractivity contribution >= 4 is 17.4 Å². The average molecular weight is 380 g/mol. The highest BCUT2D eigenvalue weighted by Crippen LogP contribution is 2.18. The van der Waals surface area contributed by atoms with Crippen molar-refractivity contribution in [3.05, 3.63) is 47.8 Å². The first kappa shape index (κ1) is 18.2. The van der Waals surface area contributed by atoms with E-state index >= 15 is 0 Å². The molecule has 0 atom stereocenters. The van der Waals surface area contributed by atoms with E-state index in [1.807, 2.05) is 36.4 Å². The van der Waals surface area contributed by atoms with E-state index in [9.17, 15) is 4.79 Å². The molecule has 1 amide bonds. The number of nitrogens with one attached hydrogen (secondary N) is 1. The Labute approximate surface area is 163 Å². The molecule has 8 nitrogen and oxygen atoms in total. The fourth-order valence-electron chi connectivity index (χ4n) is 3.39. The molecule has 1 aromatic carbocycles. The first-order valence-corrected chi connectivity index (χ1v) is 9.59. The van der Waals surface area contributed by atoms with Crippen LogP contribution in [0.4, 0.5) is 5.82 Å². The predicted molar refractivity (Wildman–Crippen MR) is 105 cm³/mol. The van der Waals surface area contributed by atoms with Crippen LogP contribution in [0.15, 0.2) is 36.4 Å². The highest BCUT2D eigenvalue weighted by atomic mass is 16.5. The first-order chi connectivity index (χ1) is 13.7. The lowest BCUT2D eigenvalue weighted by molar-refractivity contribution is -0.121. The molecule has 0 aliphatic carbocycles. The van der Waals surface area contributed by atoms with Gasteiger partial charge in [0.15, 0.2) is 11.5 Å². The molecule has 146 valence electrons. The number of methoxy groups -OCH3 is 1. The van der Waals surface area contributed by atoms with Gasteiger partial charge in [-0.05, 0) is 42.7 Å². The summed E-state index contributed by atoms with van der Waals surface area (Å²) in [6.45, 7) is 2.53. The van der Waals surface area contributed by atoms with E-state index in [1.54, 1.807) is 11.6 Å². The first-order valence-electron chi connectivity index (χ1n) is 9.59. The minimum absolute atomic E-state index is 0.0322. The SMILES string of the molecule is COc1cccc(CNC(=O)CCc2nnc3ccc(N4CCCC4)nn23)c1. The number of benzene rings is 1. The second kappa shape index (κ2) is 8.24. The molecule has 1 aliphatic heterocycles. The van der Waals surface area contributed by atoms with E-state index in [1.165, 1.54) is 12.8 Å². The zero-order chi connectivity index (χ0) is 19.3. The standard InChI is InChI=1S/C20H24N6O2/c1-28-16-6-4-5-15(13-16)14-21-20(27)10-9-18-23-22-17-7-8-19(24-26(17)18)25-11-2-3-12-25/h4-8,13H,2-3,9-12,14H2,1H3,(H,21,27). The van der Waals surface area contributed by atoms with Gasteiger partial charge in [-0.15, -0.1) is 15.3 Å². The third-order valence-electron chi connectivity index (χ3n) is 4.94. The quantitative estimate of drug-likeness (QED) is 0.675. The van der Waals surface area contributed by atoms with Crippen LogP contribution in [0.2, 0.25) is 0 Å². The third-order valence-corrected chi connectivity index (χ3v) is 4.94. The number of rotatable bonds is 7. The van der Waals surface area contributed by atoms with E-state index in [2.05, 4.69) is 25.5 Å². The molecule has 0 unspecified atom stereocenters. The van der Waals surface area contributed by atoms with Gasteiger partial charge in [0.2, 0.25) is 5.91 Å². The van der Waals surface area contributed by atoms with Gasteiger partial charge in [0.1, 0.15) is 11.6 Å². The Balaban J connectivity index is 1.36. The topological polar surface area (TPSA) is 84.6 Å². The van der Waals surface area contributed by atoms with E-state index in [-0.39, 0.29) is 5.91 Å². The molecule has 0 radical (unpaired) electrons. The number of amides is 1. The molecule has 0 spiro atoms. The maximum Gasteiger partial charge on any atom is 0.220 e. The number of hydrogen-bond donors (Lipinski definition) is 1. The number of aromatic nitrogens is 4.